The van der Waals surface area contributed by atoms with E-state index in [1.165, 1.54) is 19.3 Å². The molecule has 2 aliphatic carbocycles. The SMILES string of the molecule is CCC1CCCC(OC(=O)C2(C)CCCC2N)C1. The molecule has 0 aromatic rings. The van der Waals surface area contributed by atoms with Crippen LogP contribution < -0.4 is 5.73 Å². The first-order valence-electron chi connectivity index (χ1n) is 7.53. The van der Waals surface area contributed by atoms with E-state index in [4.69, 9.17) is 10.5 Å². The molecule has 4 atom stereocenters. The Hall–Kier alpha value is -0.570. The van der Waals surface area contributed by atoms with Crippen molar-refractivity contribution < 1.29 is 9.53 Å². The molecule has 0 heterocycles. The van der Waals surface area contributed by atoms with E-state index in [0.29, 0.717) is 0 Å². The van der Waals surface area contributed by atoms with Gasteiger partial charge in [0, 0.05) is 6.04 Å². The highest BCUT2D eigenvalue weighted by Crippen LogP contribution is 2.39. The van der Waals surface area contributed by atoms with Crippen LogP contribution in [0.5, 0.6) is 0 Å². The number of nitrogens with two attached hydrogens (primary N) is 1. The molecule has 2 fully saturated rings. The van der Waals surface area contributed by atoms with Gasteiger partial charge in [-0.1, -0.05) is 26.2 Å². The van der Waals surface area contributed by atoms with E-state index in [1.807, 2.05) is 6.92 Å². The van der Waals surface area contributed by atoms with Crippen LogP contribution in [-0.2, 0) is 9.53 Å². The lowest BCUT2D eigenvalue weighted by Gasteiger charge is -2.33. The maximum absolute atomic E-state index is 12.3. The van der Waals surface area contributed by atoms with Crippen molar-refractivity contribution in [3.05, 3.63) is 0 Å². The van der Waals surface area contributed by atoms with E-state index < -0.39 is 5.41 Å². The van der Waals surface area contributed by atoms with Crippen molar-refractivity contribution in [2.24, 2.45) is 17.1 Å². The van der Waals surface area contributed by atoms with E-state index in [0.717, 1.165) is 38.0 Å². The normalized spacial score (nSPS) is 40.7. The summed E-state index contributed by atoms with van der Waals surface area (Å²) in [4.78, 5) is 12.3. The Labute approximate surface area is 110 Å². The van der Waals surface area contributed by atoms with Gasteiger partial charge in [-0.05, 0) is 44.9 Å². The maximum atomic E-state index is 12.3. The zero-order valence-electron chi connectivity index (χ0n) is 11.8. The lowest BCUT2D eigenvalue weighted by molar-refractivity contribution is -0.163. The van der Waals surface area contributed by atoms with Crippen molar-refractivity contribution in [3.8, 4) is 0 Å². The molecule has 0 bridgehead atoms. The third kappa shape index (κ3) is 2.71. The van der Waals surface area contributed by atoms with Crippen LogP contribution in [0.25, 0.3) is 0 Å². The van der Waals surface area contributed by atoms with Gasteiger partial charge in [-0.15, -0.1) is 0 Å². The fraction of sp³-hybridized carbons (Fsp3) is 0.933. The van der Waals surface area contributed by atoms with Gasteiger partial charge in [0.05, 0.1) is 5.41 Å². The first-order chi connectivity index (χ1) is 8.56. The van der Waals surface area contributed by atoms with Crippen LogP contribution in [-0.4, -0.2) is 18.1 Å². The van der Waals surface area contributed by atoms with Crippen molar-refractivity contribution >= 4 is 5.97 Å². The molecule has 3 heteroatoms. The minimum Gasteiger partial charge on any atom is -0.462 e. The molecular weight excluding hydrogens is 226 g/mol. The molecule has 2 rings (SSSR count). The molecule has 0 aliphatic heterocycles. The van der Waals surface area contributed by atoms with E-state index in [-0.39, 0.29) is 18.1 Å². The third-order valence-electron chi connectivity index (χ3n) is 5.08. The Bertz CT molecular complexity index is 305. The Kier molecular flexibility index (Phi) is 4.31. The second-order valence-electron chi connectivity index (χ2n) is 6.38. The van der Waals surface area contributed by atoms with Gasteiger partial charge in [-0.3, -0.25) is 4.79 Å². The summed E-state index contributed by atoms with van der Waals surface area (Å²) < 4.78 is 5.76. The molecule has 104 valence electrons. The molecule has 0 radical (unpaired) electrons. The average Bonchev–Trinajstić information content (AvgIpc) is 2.71. The molecule has 2 saturated carbocycles. The number of carbonyl (C=O) groups excluding carboxylic acids is 1. The molecule has 0 amide bonds. The van der Waals surface area contributed by atoms with Crippen molar-refractivity contribution in [3.63, 3.8) is 0 Å². The van der Waals surface area contributed by atoms with Crippen molar-refractivity contribution in [1.82, 2.24) is 0 Å². The number of ether oxygens (including phenoxy) is 1. The Morgan fingerprint density at radius 1 is 1.33 bits per heavy atom. The molecule has 18 heavy (non-hydrogen) atoms. The Morgan fingerprint density at radius 2 is 2.11 bits per heavy atom. The van der Waals surface area contributed by atoms with E-state index >= 15 is 0 Å². The molecule has 0 spiro atoms. The zero-order valence-corrected chi connectivity index (χ0v) is 11.8. The number of carbonyl (C=O) groups is 1. The predicted molar refractivity (Wildman–Crippen MR) is 72.1 cm³/mol. The molecule has 4 unspecified atom stereocenters. The minimum atomic E-state index is -0.431. The van der Waals surface area contributed by atoms with Crippen LogP contribution >= 0.6 is 0 Å². The lowest BCUT2D eigenvalue weighted by Crippen LogP contribution is -2.44. The highest BCUT2D eigenvalue weighted by atomic mass is 16.5. The van der Waals surface area contributed by atoms with Gasteiger partial charge < -0.3 is 10.5 Å². The van der Waals surface area contributed by atoms with E-state index in [2.05, 4.69) is 6.92 Å². The lowest BCUT2D eigenvalue weighted by atomic mass is 9.83. The van der Waals surface area contributed by atoms with Gasteiger partial charge in [0.1, 0.15) is 6.10 Å². The van der Waals surface area contributed by atoms with Crippen molar-refractivity contribution in [2.45, 2.75) is 77.4 Å². The minimum absolute atomic E-state index is 0.0180. The summed E-state index contributed by atoms with van der Waals surface area (Å²) in [6.45, 7) is 4.20. The summed E-state index contributed by atoms with van der Waals surface area (Å²) in [5.74, 6) is 0.691. The summed E-state index contributed by atoms with van der Waals surface area (Å²) in [5.41, 5.74) is 5.64. The fourth-order valence-electron chi connectivity index (χ4n) is 3.45. The smallest absolute Gasteiger partial charge is 0.313 e. The Balaban J connectivity index is 1.91. The van der Waals surface area contributed by atoms with Gasteiger partial charge in [-0.2, -0.15) is 0 Å². The summed E-state index contributed by atoms with van der Waals surface area (Å²) in [5, 5.41) is 0. The first-order valence-corrected chi connectivity index (χ1v) is 7.53. The van der Waals surface area contributed by atoms with Crippen LogP contribution in [0.1, 0.15) is 65.2 Å². The number of hydrogen-bond donors (Lipinski definition) is 1. The van der Waals surface area contributed by atoms with Crippen LogP contribution in [0.2, 0.25) is 0 Å². The van der Waals surface area contributed by atoms with Crippen LogP contribution in [0.15, 0.2) is 0 Å². The van der Waals surface area contributed by atoms with Crippen molar-refractivity contribution in [1.29, 1.82) is 0 Å². The number of hydrogen-bond acceptors (Lipinski definition) is 3. The van der Waals surface area contributed by atoms with Crippen LogP contribution in [0, 0.1) is 11.3 Å². The first kappa shape index (κ1) is 13.9. The second kappa shape index (κ2) is 5.60. The molecule has 0 aromatic heterocycles. The summed E-state index contributed by atoms with van der Waals surface area (Å²) in [6, 6.07) is -0.0180. The zero-order chi connectivity index (χ0) is 13.2. The van der Waals surface area contributed by atoms with Crippen LogP contribution in [0.3, 0.4) is 0 Å². The summed E-state index contributed by atoms with van der Waals surface area (Å²) in [7, 11) is 0. The summed E-state index contributed by atoms with van der Waals surface area (Å²) in [6.07, 6.45) is 8.80. The maximum Gasteiger partial charge on any atom is 0.313 e. The van der Waals surface area contributed by atoms with Crippen LogP contribution in [0.4, 0.5) is 0 Å². The predicted octanol–water partition coefficient (Wildman–Crippen LogP) is 3.02. The molecule has 0 saturated heterocycles. The Morgan fingerprint density at radius 3 is 2.72 bits per heavy atom. The number of esters is 1. The topological polar surface area (TPSA) is 52.3 Å². The average molecular weight is 253 g/mol. The molecular formula is C15H27NO2. The summed E-state index contributed by atoms with van der Waals surface area (Å²) >= 11 is 0. The largest absolute Gasteiger partial charge is 0.462 e. The fourth-order valence-corrected chi connectivity index (χ4v) is 3.45. The standard InChI is InChI=1S/C15H27NO2/c1-3-11-6-4-7-12(10-11)18-14(17)15(2)9-5-8-13(15)16/h11-13H,3-10,16H2,1-2H3. The van der Waals surface area contributed by atoms with Crippen molar-refractivity contribution in [2.75, 3.05) is 0 Å². The van der Waals surface area contributed by atoms with Gasteiger partial charge in [-0.25, -0.2) is 0 Å². The quantitative estimate of drug-likeness (QED) is 0.787. The third-order valence-corrected chi connectivity index (χ3v) is 5.08. The molecule has 2 aliphatic rings. The number of rotatable bonds is 3. The highest BCUT2D eigenvalue weighted by Gasteiger charge is 2.45. The highest BCUT2D eigenvalue weighted by molar-refractivity contribution is 5.78. The van der Waals surface area contributed by atoms with Gasteiger partial charge in [0.15, 0.2) is 0 Å². The molecule has 0 aromatic carbocycles. The second-order valence-corrected chi connectivity index (χ2v) is 6.38. The molecule has 3 nitrogen and oxygen atoms in total. The van der Waals surface area contributed by atoms with Gasteiger partial charge in [0.2, 0.25) is 0 Å². The monoisotopic (exact) mass is 253 g/mol. The van der Waals surface area contributed by atoms with Gasteiger partial charge >= 0.3 is 5.97 Å². The van der Waals surface area contributed by atoms with Gasteiger partial charge in [0.25, 0.3) is 0 Å². The molecule has 2 N–H and O–H groups in total. The van der Waals surface area contributed by atoms with E-state index in [9.17, 15) is 4.79 Å². The van der Waals surface area contributed by atoms with E-state index in [1.54, 1.807) is 0 Å².